The minimum atomic E-state index is 0.00738. The number of para-hydroxylation sites is 1. The number of carbonyl (C=O) groups is 1. The van der Waals surface area contributed by atoms with Crippen molar-refractivity contribution in [2.75, 3.05) is 33.0 Å². The summed E-state index contributed by atoms with van der Waals surface area (Å²) in [4.78, 5) is 17.5. The topological polar surface area (TPSA) is 42.0 Å². The van der Waals surface area contributed by atoms with Gasteiger partial charge in [0.15, 0.2) is 11.5 Å². The number of carbonyl (C=O) groups excluding carboxylic acids is 1. The van der Waals surface area contributed by atoms with Gasteiger partial charge in [0, 0.05) is 26.2 Å². The van der Waals surface area contributed by atoms with Crippen LogP contribution in [0.2, 0.25) is 0 Å². The second-order valence-corrected chi connectivity index (χ2v) is 7.59. The summed E-state index contributed by atoms with van der Waals surface area (Å²) < 4.78 is 11.0. The maximum absolute atomic E-state index is 13.1. The van der Waals surface area contributed by atoms with E-state index < -0.39 is 0 Å². The van der Waals surface area contributed by atoms with Crippen LogP contribution in [0.5, 0.6) is 11.5 Å². The first-order valence-corrected chi connectivity index (χ1v) is 10.3. The molecule has 0 N–H and O–H groups in total. The number of hydrogen-bond donors (Lipinski definition) is 0. The zero-order valence-corrected chi connectivity index (χ0v) is 16.7. The summed E-state index contributed by atoms with van der Waals surface area (Å²) in [6, 6.07) is 26.8. The van der Waals surface area contributed by atoms with Crippen molar-refractivity contribution in [1.82, 2.24) is 9.80 Å². The van der Waals surface area contributed by atoms with E-state index in [4.69, 9.17) is 9.47 Å². The Bertz CT molecular complexity index is 976. The molecule has 1 saturated heterocycles. The van der Waals surface area contributed by atoms with Crippen LogP contribution in [-0.4, -0.2) is 48.7 Å². The fourth-order valence-corrected chi connectivity index (χ4v) is 4.34. The molecule has 5 rings (SSSR count). The van der Waals surface area contributed by atoms with Crippen molar-refractivity contribution < 1.29 is 14.3 Å². The molecule has 3 aromatic carbocycles. The second kappa shape index (κ2) is 8.20. The third-order valence-electron chi connectivity index (χ3n) is 5.82. The van der Waals surface area contributed by atoms with Crippen LogP contribution in [0, 0.1) is 0 Å². The van der Waals surface area contributed by atoms with Crippen LogP contribution >= 0.6 is 0 Å². The molecule has 0 atom stereocenters. The first-order valence-electron chi connectivity index (χ1n) is 10.3. The lowest BCUT2D eigenvalue weighted by Gasteiger charge is -2.39. The summed E-state index contributed by atoms with van der Waals surface area (Å²) in [7, 11) is 0. The van der Waals surface area contributed by atoms with E-state index in [2.05, 4.69) is 53.4 Å². The number of amides is 1. The monoisotopic (exact) mass is 400 g/mol. The Kier molecular flexibility index (Phi) is 5.11. The Labute approximate surface area is 176 Å². The molecule has 5 nitrogen and oxygen atoms in total. The molecule has 2 aliphatic rings. The van der Waals surface area contributed by atoms with Crippen LogP contribution in [0.1, 0.15) is 27.5 Å². The Morgan fingerprint density at radius 1 is 0.733 bits per heavy atom. The molecule has 3 aromatic rings. The van der Waals surface area contributed by atoms with Crippen molar-refractivity contribution >= 4 is 5.91 Å². The van der Waals surface area contributed by atoms with Gasteiger partial charge in [-0.15, -0.1) is 0 Å². The van der Waals surface area contributed by atoms with Gasteiger partial charge in [-0.25, -0.2) is 0 Å². The van der Waals surface area contributed by atoms with E-state index in [1.165, 1.54) is 11.1 Å². The minimum absolute atomic E-state index is 0.00738. The Morgan fingerprint density at radius 3 is 2.00 bits per heavy atom. The van der Waals surface area contributed by atoms with Crippen LogP contribution in [0.3, 0.4) is 0 Å². The van der Waals surface area contributed by atoms with Gasteiger partial charge in [-0.1, -0.05) is 66.7 Å². The van der Waals surface area contributed by atoms with Gasteiger partial charge in [0.05, 0.1) is 11.6 Å². The fourth-order valence-electron chi connectivity index (χ4n) is 4.34. The molecule has 0 bridgehead atoms. The number of ether oxygens (including phenoxy) is 2. The van der Waals surface area contributed by atoms with Crippen molar-refractivity contribution in [1.29, 1.82) is 0 Å². The lowest BCUT2D eigenvalue weighted by molar-refractivity contribution is 0.0593. The van der Waals surface area contributed by atoms with Crippen LogP contribution in [-0.2, 0) is 0 Å². The van der Waals surface area contributed by atoms with E-state index in [0.29, 0.717) is 30.2 Å². The highest BCUT2D eigenvalue weighted by molar-refractivity contribution is 5.98. The van der Waals surface area contributed by atoms with Gasteiger partial charge in [-0.05, 0) is 23.3 Å². The molecule has 0 unspecified atom stereocenters. The van der Waals surface area contributed by atoms with Crippen LogP contribution in [0.4, 0.5) is 0 Å². The molecule has 0 saturated carbocycles. The van der Waals surface area contributed by atoms with Gasteiger partial charge in [0.2, 0.25) is 6.79 Å². The second-order valence-electron chi connectivity index (χ2n) is 7.59. The quantitative estimate of drug-likeness (QED) is 0.665. The van der Waals surface area contributed by atoms with E-state index in [0.717, 1.165) is 13.1 Å². The molecule has 1 fully saturated rings. The molecule has 1 amide bonds. The molecular formula is C25H24N2O3. The SMILES string of the molecule is O=C(c1cccc2c1OCO2)N1CCN(C(c2ccccc2)c2ccccc2)CC1. The molecule has 5 heteroatoms. The number of rotatable bonds is 4. The molecule has 0 aliphatic carbocycles. The molecule has 152 valence electrons. The summed E-state index contributed by atoms with van der Waals surface area (Å²) >= 11 is 0. The van der Waals surface area contributed by atoms with Gasteiger partial charge < -0.3 is 14.4 Å². The molecule has 0 aromatic heterocycles. The van der Waals surface area contributed by atoms with Gasteiger partial charge in [-0.3, -0.25) is 9.69 Å². The first kappa shape index (κ1) is 18.7. The smallest absolute Gasteiger partial charge is 0.257 e. The third kappa shape index (κ3) is 3.53. The lowest BCUT2D eigenvalue weighted by Crippen LogP contribution is -2.49. The summed E-state index contributed by atoms with van der Waals surface area (Å²) in [6.07, 6.45) is 0. The predicted molar refractivity (Wildman–Crippen MR) is 115 cm³/mol. The number of benzene rings is 3. The van der Waals surface area contributed by atoms with E-state index in [-0.39, 0.29) is 18.7 Å². The maximum atomic E-state index is 13.1. The highest BCUT2D eigenvalue weighted by Gasteiger charge is 2.31. The third-order valence-corrected chi connectivity index (χ3v) is 5.82. The molecule has 0 radical (unpaired) electrons. The summed E-state index contributed by atoms with van der Waals surface area (Å²) in [6.45, 7) is 3.15. The lowest BCUT2D eigenvalue weighted by atomic mass is 9.96. The van der Waals surface area contributed by atoms with E-state index in [1.807, 2.05) is 35.2 Å². The molecular weight excluding hydrogens is 376 g/mol. The number of nitrogens with zero attached hydrogens (tertiary/aromatic N) is 2. The maximum Gasteiger partial charge on any atom is 0.257 e. The Balaban J connectivity index is 1.34. The highest BCUT2D eigenvalue weighted by atomic mass is 16.7. The van der Waals surface area contributed by atoms with Crippen LogP contribution in [0.15, 0.2) is 78.9 Å². The van der Waals surface area contributed by atoms with Gasteiger partial charge in [0.25, 0.3) is 5.91 Å². The summed E-state index contributed by atoms with van der Waals surface area (Å²) in [5.41, 5.74) is 3.13. The van der Waals surface area contributed by atoms with E-state index in [9.17, 15) is 4.79 Å². The average Bonchev–Trinajstić information content (AvgIpc) is 3.30. The summed E-state index contributed by atoms with van der Waals surface area (Å²) in [5, 5.41) is 0. The average molecular weight is 400 g/mol. The Hall–Kier alpha value is -3.31. The zero-order valence-electron chi connectivity index (χ0n) is 16.7. The fraction of sp³-hybridized carbons (Fsp3) is 0.240. The number of hydrogen-bond acceptors (Lipinski definition) is 4. The van der Waals surface area contributed by atoms with Gasteiger partial charge >= 0.3 is 0 Å². The predicted octanol–water partition coefficient (Wildman–Crippen LogP) is 3.96. The van der Waals surface area contributed by atoms with E-state index >= 15 is 0 Å². The largest absolute Gasteiger partial charge is 0.454 e. The van der Waals surface area contributed by atoms with Crippen molar-refractivity contribution in [3.8, 4) is 11.5 Å². The van der Waals surface area contributed by atoms with Gasteiger partial charge in [0.1, 0.15) is 0 Å². The van der Waals surface area contributed by atoms with Crippen molar-refractivity contribution in [3.05, 3.63) is 95.6 Å². The highest BCUT2D eigenvalue weighted by Crippen LogP contribution is 2.36. The minimum Gasteiger partial charge on any atom is -0.454 e. The van der Waals surface area contributed by atoms with Gasteiger partial charge in [-0.2, -0.15) is 0 Å². The standard InChI is InChI=1S/C25H24N2O3/c28-25(21-12-7-13-22-24(21)30-18-29-22)27-16-14-26(15-17-27)23(19-8-3-1-4-9-19)20-10-5-2-6-11-20/h1-13,23H,14-18H2. The molecule has 0 spiro atoms. The van der Waals surface area contributed by atoms with E-state index in [1.54, 1.807) is 0 Å². The van der Waals surface area contributed by atoms with Crippen molar-refractivity contribution in [3.63, 3.8) is 0 Å². The first-order chi connectivity index (χ1) is 14.8. The molecule has 30 heavy (non-hydrogen) atoms. The zero-order chi connectivity index (χ0) is 20.3. The summed E-state index contributed by atoms with van der Waals surface area (Å²) in [5.74, 6) is 1.22. The van der Waals surface area contributed by atoms with Crippen molar-refractivity contribution in [2.45, 2.75) is 6.04 Å². The molecule has 2 heterocycles. The van der Waals surface area contributed by atoms with Crippen LogP contribution in [0.25, 0.3) is 0 Å². The van der Waals surface area contributed by atoms with Crippen molar-refractivity contribution in [2.24, 2.45) is 0 Å². The molecule has 2 aliphatic heterocycles. The normalized spacial score (nSPS) is 16.1. The Morgan fingerprint density at radius 2 is 1.37 bits per heavy atom. The number of fused-ring (bicyclic) bond motifs is 1. The number of piperazine rings is 1. The van der Waals surface area contributed by atoms with Crippen LogP contribution < -0.4 is 9.47 Å².